The van der Waals surface area contributed by atoms with Gasteiger partial charge in [-0.05, 0) is 36.4 Å². The number of benzene rings is 2. The minimum Gasteiger partial charge on any atom is -0.460 e. The Morgan fingerprint density at radius 2 is 1.72 bits per heavy atom. The Labute approximate surface area is 175 Å². The maximum Gasteiger partial charge on any atom is 0.338 e. The van der Waals surface area contributed by atoms with Crippen LogP contribution in [0.1, 0.15) is 36.8 Å². The highest BCUT2D eigenvalue weighted by atomic mass is 32.2. The molecule has 3 aromatic rings. The van der Waals surface area contributed by atoms with Gasteiger partial charge in [-0.1, -0.05) is 12.1 Å². The highest BCUT2D eigenvalue weighted by Crippen LogP contribution is 2.24. The van der Waals surface area contributed by atoms with E-state index < -0.39 is 5.97 Å². The summed E-state index contributed by atoms with van der Waals surface area (Å²) in [5, 5.41) is 2.01. The predicted octanol–water partition coefficient (Wildman–Crippen LogP) is 3.89. The largest absolute Gasteiger partial charge is 0.460 e. The number of ether oxygens (including phenoxy) is 1. The molecule has 4 rings (SSSR count). The Kier molecular flexibility index (Phi) is 5.73. The molecule has 0 unspecified atom stereocenters. The second-order valence-corrected chi connectivity index (χ2v) is 8.00. The lowest BCUT2D eigenvalue weighted by molar-refractivity contribution is 0.0420. The van der Waals surface area contributed by atoms with Crippen molar-refractivity contribution in [3.05, 3.63) is 81.8 Å². The third kappa shape index (κ3) is 4.23. The van der Waals surface area contributed by atoms with Gasteiger partial charge in [0.1, 0.15) is 6.61 Å². The summed E-state index contributed by atoms with van der Waals surface area (Å²) in [5.41, 5.74) is 4.02. The Morgan fingerprint density at radius 1 is 1.03 bits per heavy atom. The van der Waals surface area contributed by atoms with Gasteiger partial charge >= 0.3 is 5.97 Å². The third-order valence-electron chi connectivity index (χ3n) is 4.39. The summed E-state index contributed by atoms with van der Waals surface area (Å²) in [7, 11) is 0. The first-order valence-electron chi connectivity index (χ1n) is 8.86. The first-order chi connectivity index (χ1) is 14.1. The number of aromatic nitrogens is 1. The first-order valence-corrected chi connectivity index (χ1v) is 10.8. The number of hydrogen-bond donors (Lipinski definition) is 0. The minimum absolute atomic E-state index is 0.0274. The molecule has 2 aromatic carbocycles. The number of thiazole rings is 1. The summed E-state index contributed by atoms with van der Waals surface area (Å²) < 4.78 is 5.24. The molecule has 0 radical (unpaired) electrons. The predicted molar refractivity (Wildman–Crippen MR) is 110 cm³/mol. The van der Waals surface area contributed by atoms with Gasteiger partial charge < -0.3 is 4.74 Å². The molecule has 0 bridgehead atoms. The SMILES string of the molecule is O=C(OCCN1C(=O)c2ccccc2C1=O)c1ccc(SCc2cscn2)cc1. The normalized spacial score (nSPS) is 12.9. The van der Waals surface area contributed by atoms with Gasteiger partial charge in [0.15, 0.2) is 0 Å². The van der Waals surface area contributed by atoms with Crippen molar-refractivity contribution >= 4 is 40.9 Å². The lowest BCUT2D eigenvalue weighted by atomic mass is 10.1. The zero-order chi connectivity index (χ0) is 20.2. The van der Waals surface area contributed by atoms with E-state index in [1.165, 1.54) is 0 Å². The van der Waals surface area contributed by atoms with Crippen molar-refractivity contribution in [2.45, 2.75) is 10.6 Å². The molecule has 1 aliphatic heterocycles. The molecule has 1 aromatic heterocycles. The standard InChI is InChI=1S/C21H16N2O4S2/c24-19-17-3-1-2-4-18(17)20(25)23(19)9-10-27-21(26)14-5-7-16(8-6-14)29-12-15-11-28-13-22-15/h1-8,11,13H,9-10,12H2. The summed E-state index contributed by atoms with van der Waals surface area (Å²) in [4.78, 5) is 43.2. The summed E-state index contributed by atoms with van der Waals surface area (Å²) in [5.74, 6) is -0.433. The summed E-state index contributed by atoms with van der Waals surface area (Å²) in [6.07, 6.45) is 0. The molecule has 2 heterocycles. The van der Waals surface area contributed by atoms with Crippen LogP contribution in [0.15, 0.2) is 64.3 Å². The van der Waals surface area contributed by atoms with E-state index in [2.05, 4.69) is 4.98 Å². The van der Waals surface area contributed by atoms with Crippen molar-refractivity contribution in [1.82, 2.24) is 9.88 Å². The van der Waals surface area contributed by atoms with Crippen LogP contribution in [0.2, 0.25) is 0 Å². The molecule has 0 saturated heterocycles. The molecule has 8 heteroatoms. The van der Waals surface area contributed by atoms with Gasteiger partial charge in [0.05, 0.1) is 34.4 Å². The van der Waals surface area contributed by atoms with E-state index in [-0.39, 0.29) is 25.0 Å². The first kappa shape index (κ1) is 19.4. The van der Waals surface area contributed by atoms with Crippen LogP contribution in [0, 0.1) is 0 Å². The van der Waals surface area contributed by atoms with Crippen molar-refractivity contribution in [2.24, 2.45) is 0 Å². The molecule has 0 aliphatic carbocycles. The van der Waals surface area contributed by atoms with Crippen molar-refractivity contribution in [2.75, 3.05) is 13.2 Å². The molecule has 29 heavy (non-hydrogen) atoms. The lowest BCUT2D eigenvalue weighted by Crippen LogP contribution is -2.33. The van der Waals surface area contributed by atoms with E-state index >= 15 is 0 Å². The highest BCUT2D eigenvalue weighted by Gasteiger charge is 2.34. The zero-order valence-corrected chi connectivity index (χ0v) is 16.9. The van der Waals surface area contributed by atoms with Crippen molar-refractivity contribution in [3.8, 4) is 0 Å². The number of carbonyl (C=O) groups is 3. The number of nitrogens with zero attached hydrogens (tertiary/aromatic N) is 2. The average molecular weight is 425 g/mol. The van der Waals surface area contributed by atoms with Gasteiger partial charge in [-0.2, -0.15) is 0 Å². The average Bonchev–Trinajstić information content (AvgIpc) is 3.35. The fourth-order valence-electron chi connectivity index (χ4n) is 2.91. The van der Waals surface area contributed by atoms with Crippen LogP contribution in [0.3, 0.4) is 0 Å². The second kappa shape index (κ2) is 8.59. The van der Waals surface area contributed by atoms with Gasteiger partial charge in [-0.3, -0.25) is 14.5 Å². The van der Waals surface area contributed by atoms with Crippen molar-refractivity contribution in [1.29, 1.82) is 0 Å². The van der Waals surface area contributed by atoms with E-state index in [1.54, 1.807) is 65.0 Å². The van der Waals surface area contributed by atoms with Crippen LogP contribution in [-0.2, 0) is 10.5 Å². The van der Waals surface area contributed by atoms with Crippen LogP contribution >= 0.6 is 23.1 Å². The number of imide groups is 1. The van der Waals surface area contributed by atoms with Crippen molar-refractivity contribution < 1.29 is 19.1 Å². The molecular weight excluding hydrogens is 408 g/mol. The van der Waals surface area contributed by atoms with Crippen LogP contribution in [0.4, 0.5) is 0 Å². The molecule has 0 fully saturated rings. The molecule has 146 valence electrons. The van der Waals surface area contributed by atoms with Crippen LogP contribution in [0.25, 0.3) is 0 Å². The molecular formula is C21H16N2O4S2. The smallest absolute Gasteiger partial charge is 0.338 e. The molecule has 0 saturated carbocycles. The summed E-state index contributed by atoms with van der Waals surface area (Å²) in [6, 6.07) is 13.8. The van der Waals surface area contributed by atoms with E-state index in [4.69, 9.17) is 4.74 Å². The fraction of sp³-hybridized carbons (Fsp3) is 0.143. The van der Waals surface area contributed by atoms with E-state index in [1.807, 2.05) is 17.5 Å². The molecule has 0 N–H and O–H groups in total. The number of fused-ring (bicyclic) bond motifs is 1. The quantitative estimate of drug-likeness (QED) is 0.325. The number of amides is 2. The van der Waals surface area contributed by atoms with Crippen LogP contribution < -0.4 is 0 Å². The topological polar surface area (TPSA) is 76.6 Å². The fourth-order valence-corrected chi connectivity index (χ4v) is 4.37. The lowest BCUT2D eigenvalue weighted by Gasteiger charge is -2.13. The van der Waals surface area contributed by atoms with Gasteiger partial charge in [0, 0.05) is 16.0 Å². The van der Waals surface area contributed by atoms with Gasteiger partial charge in [0.2, 0.25) is 0 Å². The number of rotatable bonds is 7. The monoisotopic (exact) mass is 424 g/mol. The molecule has 0 atom stereocenters. The summed E-state index contributed by atoms with van der Waals surface area (Å²) >= 11 is 3.20. The Bertz CT molecular complexity index is 1010. The van der Waals surface area contributed by atoms with Crippen molar-refractivity contribution in [3.63, 3.8) is 0 Å². The summed E-state index contributed by atoms with van der Waals surface area (Å²) in [6.45, 7) is -0.0235. The van der Waals surface area contributed by atoms with E-state index in [0.717, 1.165) is 21.2 Å². The molecule has 6 nitrogen and oxygen atoms in total. The zero-order valence-electron chi connectivity index (χ0n) is 15.2. The van der Waals surface area contributed by atoms with Gasteiger partial charge in [-0.25, -0.2) is 9.78 Å². The van der Waals surface area contributed by atoms with E-state index in [9.17, 15) is 14.4 Å². The van der Waals surface area contributed by atoms with E-state index in [0.29, 0.717) is 16.7 Å². The third-order valence-corrected chi connectivity index (χ3v) is 6.07. The number of hydrogen-bond acceptors (Lipinski definition) is 7. The maximum atomic E-state index is 12.3. The maximum absolute atomic E-state index is 12.3. The number of esters is 1. The Morgan fingerprint density at radius 3 is 2.34 bits per heavy atom. The molecule has 2 amide bonds. The van der Waals surface area contributed by atoms with Crippen LogP contribution in [0.5, 0.6) is 0 Å². The van der Waals surface area contributed by atoms with Gasteiger partial charge in [0.25, 0.3) is 11.8 Å². The Hall–Kier alpha value is -2.97. The van der Waals surface area contributed by atoms with Crippen LogP contribution in [-0.4, -0.2) is 40.8 Å². The minimum atomic E-state index is -0.488. The Balaban J connectivity index is 1.28. The number of carbonyl (C=O) groups excluding carboxylic acids is 3. The second-order valence-electron chi connectivity index (χ2n) is 6.24. The highest BCUT2D eigenvalue weighted by molar-refractivity contribution is 7.98. The molecule has 0 spiro atoms. The number of thioether (sulfide) groups is 1. The molecule has 1 aliphatic rings. The van der Waals surface area contributed by atoms with Gasteiger partial charge in [-0.15, -0.1) is 23.1 Å².